The summed E-state index contributed by atoms with van der Waals surface area (Å²) in [4.78, 5) is 23.9. The summed E-state index contributed by atoms with van der Waals surface area (Å²) in [6.45, 7) is 1.69. The number of aromatic carboxylic acids is 1. The molecule has 144 valence electrons. The number of aromatic nitrogens is 7. The Bertz CT molecular complexity index is 1200. The molecule has 12 heteroatoms. The zero-order valence-corrected chi connectivity index (χ0v) is 15.1. The van der Waals surface area contributed by atoms with Crippen LogP contribution in [0, 0.1) is 6.92 Å². The number of carboxylic acids is 1. The van der Waals surface area contributed by atoms with Gasteiger partial charge in [-0.2, -0.15) is 19.6 Å². The van der Waals surface area contributed by atoms with Crippen LogP contribution in [0.2, 0.25) is 0 Å². The van der Waals surface area contributed by atoms with Crippen LogP contribution in [0.1, 0.15) is 16.1 Å². The lowest BCUT2D eigenvalue weighted by Gasteiger charge is -2.02. The normalized spacial score (nSPS) is 11.2. The average Bonchev–Trinajstić information content (AvgIpc) is 3.29. The Morgan fingerprint density at radius 2 is 1.83 bits per heavy atom. The number of aryl methyl sites for hydroxylation is 1. The van der Waals surface area contributed by atoms with Crippen LogP contribution in [0.15, 0.2) is 59.3 Å². The quantitative estimate of drug-likeness (QED) is 0.490. The molecule has 29 heavy (non-hydrogen) atoms. The molecular weight excluding hydrogens is 376 g/mol. The molecule has 0 aliphatic carbocycles. The minimum absolute atomic E-state index is 0.00119. The molecule has 0 unspecified atom stereocenters. The van der Waals surface area contributed by atoms with Gasteiger partial charge in [0.1, 0.15) is 5.56 Å². The van der Waals surface area contributed by atoms with Crippen molar-refractivity contribution in [1.29, 1.82) is 0 Å². The standard InChI is InChI=1S/C17H14N10O2/c1-10-13(14(18)27(25-10)17-20-7-4-8-21-17)23-24-15-11(16(28)29)9-22-26(15)12-5-2-3-6-19-12/h2-9H,18H2,1H3,(H,28,29). The number of anilines is 1. The lowest BCUT2D eigenvalue weighted by Crippen LogP contribution is -2.05. The van der Waals surface area contributed by atoms with Crippen LogP contribution >= 0.6 is 0 Å². The van der Waals surface area contributed by atoms with Crippen LogP contribution in [0.4, 0.5) is 17.3 Å². The van der Waals surface area contributed by atoms with Gasteiger partial charge < -0.3 is 10.8 Å². The van der Waals surface area contributed by atoms with E-state index in [-0.39, 0.29) is 28.8 Å². The summed E-state index contributed by atoms with van der Waals surface area (Å²) in [6, 6.07) is 6.82. The topological polar surface area (TPSA) is 162 Å². The molecule has 0 saturated heterocycles. The monoisotopic (exact) mass is 390 g/mol. The number of nitrogens with zero attached hydrogens (tertiary/aromatic N) is 9. The van der Waals surface area contributed by atoms with Gasteiger partial charge in [0.05, 0.1) is 11.9 Å². The molecule has 0 aromatic carbocycles. The zero-order valence-electron chi connectivity index (χ0n) is 15.1. The number of carbonyl (C=O) groups is 1. The number of rotatable bonds is 5. The zero-order chi connectivity index (χ0) is 20.4. The van der Waals surface area contributed by atoms with E-state index in [0.717, 1.165) is 0 Å². The summed E-state index contributed by atoms with van der Waals surface area (Å²) in [7, 11) is 0. The van der Waals surface area contributed by atoms with E-state index in [2.05, 4.69) is 35.4 Å². The van der Waals surface area contributed by atoms with Crippen molar-refractivity contribution >= 4 is 23.3 Å². The highest BCUT2D eigenvalue weighted by atomic mass is 16.4. The average molecular weight is 390 g/mol. The maximum absolute atomic E-state index is 11.6. The predicted molar refractivity (Wildman–Crippen MR) is 101 cm³/mol. The Balaban J connectivity index is 1.78. The fourth-order valence-electron chi connectivity index (χ4n) is 2.55. The van der Waals surface area contributed by atoms with Gasteiger partial charge >= 0.3 is 5.97 Å². The highest BCUT2D eigenvalue weighted by Crippen LogP contribution is 2.31. The molecule has 0 spiro atoms. The van der Waals surface area contributed by atoms with Gasteiger partial charge in [0, 0.05) is 18.6 Å². The van der Waals surface area contributed by atoms with E-state index in [1.165, 1.54) is 15.6 Å². The highest BCUT2D eigenvalue weighted by Gasteiger charge is 2.20. The van der Waals surface area contributed by atoms with Crippen molar-refractivity contribution in [3.05, 3.63) is 60.3 Å². The minimum Gasteiger partial charge on any atom is -0.477 e. The highest BCUT2D eigenvalue weighted by molar-refractivity contribution is 5.92. The number of nitrogens with two attached hydrogens (primary N) is 1. The molecule has 4 heterocycles. The summed E-state index contributed by atoms with van der Waals surface area (Å²) < 4.78 is 2.61. The fourth-order valence-corrected chi connectivity index (χ4v) is 2.55. The Labute approximate surface area is 163 Å². The Morgan fingerprint density at radius 3 is 2.52 bits per heavy atom. The van der Waals surface area contributed by atoms with Crippen LogP contribution in [0.25, 0.3) is 11.8 Å². The number of nitrogen functional groups attached to an aromatic ring is 1. The van der Waals surface area contributed by atoms with Crippen LogP contribution < -0.4 is 5.73 Å². The predicted octanol–water partition coefficient (Wildman–Crippen LogP) is 2.25. The molecule has 0 saturated carbocycles. The van der Waals surface area contributed by atoms with Crippen molar-refractivity contribution < 1.29 is 9.90 Å². The van der Waals surface area contributed by atoms with Gasteiger partial charge in [-0.1, -0.05) is 6.07 Å². The number of carboxylic acid groups (broad SMARTS) is 1. The van der Waals surface area contributed by atoms with E-state index < -0.39 is 5.97 Å². The van der Waals surface area contributed by atoms with Crippen molar-refractivity contribution in [3.8, 4) is 11.8 Å². The molecule has 0 fully saturated rings. The number of hydrogen-bond donors (Lipinski definition) is 2. The second-order valence-electron chi connectivity index (χ2n) is 5.77. The van der Waals surface area contributed by atoms with Crippen LogP contribution in [0.3, 0.4) is 0 Å². The van der Waals surface area contributed by atoms with Crippen molar-refractivity contribution in [2.45, 2.75) is 6.92 Å². The minimum atomic E-state index is -1.20. The van der Waals surface area contributed by atoms with Gasteiger partial charge in [-0.25, -0.2) is 19.7 Å². The molecule has 3 N–H and O–H groups in total. The van der Waals surface area contributed by atoms with Crippen LogP contribution in [-0.4, -0.2) is 45.6 Å². The fraction of sp³-hybridized carbons (Fsp3) is 0.0588. The van der Waals surface area contributed by atoms with Gasteiger partial charge in [0.15, 0.2) is 23.1 Å². The first-order valence-corrected chi connectivity index (χ1v) is 8.33. The molecule has 0 atom stereocenters. The number of pyridine rings is 1. The van der Waals surface area contributed by atoms with Gasteiger partial charge in [-0.05, 0) is 25.1 Å². The van der Waals surface area contributed by atoms with E-state index in [1.807, 2.05) is 0 Å². The third kappa shape index (κ3) is 3.29. The molecule has 0 aliphatic heterocycles. The molecule has 4 rings (SSSR count). The summed E-state index contributed by atoms with van der Waals surface area (Å²) >= 11 is 0. The van der Waals surface area contributed by atoms with E-state index >= 15 is 0 Å². The van der Waals surface area contributed by atoms with Gasteiger partial charge in [0.2, 0.25) is 0 Å². The SMILES string of the molecule is Cc1nn(-c2ncccn2)c(N)c1N=Nc1c(C(=O)O)cnn1-c1ccccn1. The molecule has 0 radical (unpaired) electrons. The first kappa shape index (κ1) is 17.9. The van der Waals surface area contributed by atoms with E-state index in [9.17, 15) is 9.90 Å². The van der Waals surface area contributed by atoms with E-state index in [1.54, 1.807) is 49.8 Å². The van der Waals surface area contributed by atoms with Gasteiger partial charge in [0.25, 0.3) is 5.95 Å². The third-order valence-corrected chi connectivity index (χ3v) is 3.89. The molecular formula is C17H14N10O2. The Morgan fingerprint density at radius 1 is 1.07 bits per heavy atom. The lowest BCUT2D eigenvalue weighted by atomic mass is 10.3. The number of azo groups is 1. The van der Waals surface area contributed by atoms with E-state index in [0.29, 0.717) is 11.5 Å². The molecule has 4 aromatic heterocycles. The van der Waals surface area contributed by atoms with Gasteiger partial charge in [-0.3, -0.25) is 0 Å². The van der Waals surface area contributed by atoms with Crippen molar-refractivity contribution in [1.82, 2.24) is 34.5 Å². The largest absolute Gasteiger partial charge is 0.477 e. The number of hydrogen-bond acceptors (Lipinski definition) is 9. The second kappa shape index (κ2) is 7.26. The maximum atomic E-state index is 11.6. The first-order valence-electron chi connectivity index (χ1n) is 8.33. The van der Waals surface area contributed by atoms with E-state index in [4.69, 9.17) is 5.73 Å². The third-order valence-electron chi connectivity index (χ3n) is 3.89. The molecule has 0 aliphatic rings. The summed E-state index contributed by atoms with van der Waals surface area (Å²) in [5, 5.41) is 26.0. The van der Waals surface area contributed by atoms with Crippen molar-refractivity contribution in [2.24, 2.45) is 10.2 Å². The maximum Gasteiger partial charge on any atom is 0.341 e. The van der Waals surface area contributed by atoms with Gasteiger partial charge in [-0.15, -0.1) is 10.2 Å². The summed E-state index contributed by atoms with van der Waals surface area (Å²) in [5.41, 5.74) is 6.75. The Hall–Kier alpha value is -4.48. The molecule has 0 bridgehead atoms. The van der Waals surface area contributed by atoms with Crippen molar-refractivity contribution in [3.63, 3.8) is 0 Å². The molecule has 0 amide bonds. The lowest BCUT2D eigenvalue weighted by molar-refractivity contribution is 0.0697. The van der Waals surface area contributed by atoms with Crippen LogP contribution in [-0.2, 0) is 0 Å². The summed E-state index contributed by atoms with van der Waals surface area (Å²) in [5.74, 6) is -0.359. The van der Waals surface area contributed by atoms with Crippen molar-refractivity contribution in [2.75, 3.05) is 5.73 Å². The smallest absolute Gasteiger partial charge is 0.341 e. The Kier molecular flexibility index (Phi) is 4.49. The second-order valence-corrected chi connectivity index (χ2v) is 5.77. The molecule has 4 aromatic rings. The van der Waals surface area contributed by atoms with Crippen LogP contribution in [0.5, 0.6) is 0 Å². The molecule has 12 nitrogen and oxygen atoms in total. The summed E-state index contributed by atoms with van der Waals surface area (Å²) in [6.07, 6.45) is 5.86. The first-order chi connectivity index (χ1) is 14.1.